The normalized spacial score (nSPS) is 23.3. The van der Waals surface area contributed by atoms with Crippen molar-refractivity contribution in [1.82, 2.24) is 14.7 Å². The number of benzene rings is 1. The zero-order valence-corrected chi connectivity index (χ0v) is 22.0. The predicted octanol–water partition coefficient (Wildman–Crippen LogP) is 2.87. The molecule has 0 amide bonds. The van der Waals surface area contributed by atoms with Gasteiger partial charge >= 0.3 is 10.3 Å². The van der Waals surface area contributed by atoms with Gasteiger partial charge in [0, 0.05) is 35.3 Å². The van der Waals surface area contributed by atoms with Gasteiger partial charge in [0.15, 0.2) is 5.76 Å². The number of aromatic nitrogens is 2. The first-order valence-electron chi connectivity index (χ1n) is 12.1. The van der Waals surface area contributed by atoms with Gasteiger partial charge in [0.1, 0.15) is 24.0 Å². The number of halogens is 1. The van der Waals surface area contributed by atoms with Gasteiger partial charge in [0.25, 0.3) is 0 Å². The Morgan fingerprint density at radius 1 is 1.24 bits per heavy atom. The van der Waals surface area contributed by atoms with E-state index >= 15 is 0 Å². The lowest BCUT2D eigenvalue weighted by atomic mass is 9.93. The molecular formula is C25H27ClN4O7S. The standard InChI is InChI=1S/C25H27ClN4O7S/c1-13-18(24-19-7-16(26)3-2-14(19)4-5-36-24)9-22(37-13)23(32)20-11-27-12-28-25(20)30-17-6-15(21(31)8-17)10-29-38(33,34)35/h2-3,7,9,11-12,15,17,21,24,29,31H,4-6,8,10H2,1H3,(H,27,28,30)(H,33,34,35)/t15-,17-,21+,24-/m1/s1. The molecule has 0 bridgehead atoms. The van der Waals surface area contributed by atoms with Crippen LogP contribution in [-0.2, 0) is 21.5 Å². The molecule has 1 saturated carbocycles. The Morgan fingerprint density at radius 2 is 2.05 bits per heavy atom. The Balaban J connectivity index is 1.35. The Morgan fingerprint density at radius 3 is 2.84 bits per heavy atom. The minimum absolute atomic E-state index is 0.106. The molecule has 1 aliphatic heterocycles. The molecule has 11 nitrogen and oxygen atoms in total. The number of anilines is 1. The molecule has 1 aliphatic carbocycles. The van der Waals surface area contributed by atoms with Crippen LogP contribution in [0.3, 0.4) is 0 Å². The molecule has 2 aromatic heterocycles. The quantitative estimate of drug-likeness (QED) is 0.237. The van der Waals surface area contributed by atoms with Gasteiger partial charge in [0.2, 0.25) is 5.78 Å². The molecule has 5 rings (SSSR count). The van der Waals surface area contributed by atoms with E-state index in [4.69, 9.17) is 25.3 Å². The number of aryl methyl sites for hydroxylation is 1. The van der Waals surface area contributed by atoms with Gasteiger partial charge in [-0.25, -0.2) is 9.97 Å². The molecule has 0 saturated heterocycles. The van der Waals surface area contributed by atoms with Crippen LogP contribution in [0.25, 0.3) is 0 Å². The number of ether oxygens (including phenoxy) is 1. The fraction of sp³-hybridized carbons (Fsp3) is 0.400. The van der Waals surface area contributed by atoms with E-state index in [-0.39, 0.29) is 29.7 Å². The number of aliphatic hydroxyl groups is 1. The Kier molecular flexibility index (Phi) is 7.54. The van der Waals surface area contributed by atoms with Crippen molar-refractivity contribution >= 4 is 33.5 Å². The maximum Gasteiger partial charge on any atom is 0.333 e. The van der Waals surface area contributed by atoms with Gasteiger partial charge < -0.3 is 19.6 Å². The first kappa shape index (κ1) is 26.7. The smallest absolute Gasteiger partial charge is 0.333 e. The van der Waals surface area contributed by atoms with E-state index in [1.54, 1.807) is 13.0 Å². The number of aliphatic hydroxyl groups excluding tert-OH is 1. The summed E-state index contributed by atoms with van der Waals surface area (Å²) in [7, 11) is -4.36. The van der Waals surface area contributed by atoms with Crippen molar-refractivity contribution in [3.8, 4) is 0 Å². The third kappa shape index (κ3) is 5.75. The van der Waals surface area contributed by atoms with Crippen LogP contribution in [0.4, 0.5) is 5.82 Å². The predicted molar refractivity (Wildman–Crippen MR) is 138 cm³/mol. The van der Waals surface area contributed by atoms with Gasteiger partial charge in [-0.3, -0.25) is 9.35 Å². The number of hydrogen-bond donors (Lipinski definition) is 4. The molecule has 3 heterocycles. The SMILES string of the molecule is Cc1oc(C(=O)c2cncnc2N[C@@H]2C[C@H](CNS(=O)(=O)O)[C@@H](O)C2)cc1[C@H]1OCCc2ccc(Cl)cc21. The van der Waals surface area contributed by atoms with E-state index < -0.39 is 34.2 Å². The van der Waals surface area contributed by atoms with Crippen LogP contribution in [0, 0.1) is 12.8 Å². The molecule has 4 N–H and O–H groups in total. The summed E-state index contributed by atoms with van der Waals surface area (Å²) in [5.41, 5.74) is 2.99. The molecular weight excluding hydrogens is 536 g/mol. The highest BCUT2D eigenvalue weighted by molar-refractivity contribution is 7.83. The maximum absolute atomic E-state index is 13.5. The van der Waals surface area contributed by atoms with E-state index in [1.807, 2.05) is 22.9 Å². The van der Waals surface area contributed by atoms with E-state index in [0.29, 0.717) is 30.2 Å². The number of nitrogens with zero attached hydrogens (tertiary/aromatic N) is 2. The molecule has 0 unspecified atom stereocenters. The number of carbonyl (C=O) groups excluding carboxylic acids is 1. The van der Waals surface area contributed by atoms with Crippen LogP contribution >= 0.6 is 11.6 Å². The Labute approximate surface area is 224 Å². The van der Waals surface area contributed by atoms with Crippen molar-refractivity contribution < 1.29 is 32.0 Å². The van der Waals surface area contributed by atoms with E-state index in [0.717, 1.165) is 23.1 Å². The van der Waals surface area contributed by atoms with E-state index in [1.165, 1.54) is 12.5 Å². The van der Waals surface area contributed by atoms with Gasteiger partial charge in [0.05, 0.1) is 18.3 Å². The van der Waals surface area contributed by atoms with E-state index in [9.17, 15) is 18.3 Å². The molecule has 3 aromatic rings. The lowest BCUT2D eigenvalue weighted by molar-refractivity contribution is 0.0689. The minimum Gasteiger partial charge on any atom is -0.457 e. The molecule has 38 heavy (non-hydrogen) atoms. The summed E-state index contributed by atoms with van der Waals surface area (Å²) in [6.07, 6.45) is 2.95. The van der Waals surface area contributed by atoms with Gasteiger partial charge in [-0.15, -0.1) is 0 Å². The first-order chi connectivity index (χ1) is 18.1. The summed E-state index contributed by atoms with van der Waals surface area (Å²) in [5.74, 6) is 0.0814. The topological polar surface area (TPSA) is 164 Å². The number of nitrogens with one attached hydrogen (secondary N) is 2. The summed E-state index contributed by atoms with van der Waals surface area (Å²) >= 11 is 6.24. The zero-order valence-electron chi connectivity index (χ0n) is 20.4. The first-order valence-corrected chi connectivity index (χ1v) is 13.9. The zero-order chi connectivity index (χ0) is 27.0. The molecule has 202 valence electrons. The van der Waals surface area contributed by atoms with Crippen LogP contribution < -0.4 is 10.0 Å². The Bertz CT molecular complexity index is 1460. The van der Waals surface area contributed by atoms with Crippen LogP contribution in [0.15, 0.2) is 41.2 Å². The maximum atomic E-state index is 13.5. The molecule has 0 spiro atoms. The highest BCUT2D eigenvalue weighted by atomic mass is 35.5. The number of furan rings is 1. The number of rotatable bonds is 8. The summed E-state index contributed by atoms with van der Waals surface area (Å²) in [6.45, 7) is 2.19. The number of carbonyl (C=O) groups is 1. The summed E-state index contributed by atoms with van der Waals surface area (Å²) < 4.78 is 44.8. The third-order valence-electron chi connectivity index (χ3n) is 6.99. The highest BCUT2D eigenvalue weighted by Crippen LogP contribution is 2.37. The third-order valence-corrected chi connectivity index (χ3v) is 7.76. The largest absolute Gasteiger partial charge is 0.457 e. The monoisotopic (exact) mass is 562 g/mol. The summed E-state index contributed by atoms with van der Waals surface area (Å²) in [5, 5.41) is 14.1. The number of hydrogen-bond acceptors (Lipinski definition) is 9. The van der Waals surface area contributed by atoms with Crippen molar-refractivity contribution in [3.05, 3.63) is 75.6 Å². The second-order valence-electron chi connectivity index (χ2n) is 9.54. The van der Waals surface area contributed by atoms with Crippen molar-refractivity contribution in [1.29, 1.82) is 0 Å². The lowest BCUT2D eigenvalue weighted by Crippen LogP contribution is -2.32. The van der Waals surface area contributed by atoms with E-state index in [2.05, 4.69) is 15.3 Å². The van der Waals surface area contributed by atoms with Crippen LogP contribution in [0.5, 0.6) is 0 Å². The minimum atomic E-state index is -4.36. The molecule has 0 radical (unpaired) electrons. The highest BCUT2D eigenvalue weighted by Gasteiger charge is 2.35. The van der Waals surface area contributed by atoms with Crippen molar-refractivity contribution in [3.63, 3.8) is 0 Å². The van der Waals surface area contributed by atoms with Gasteiger partial charge in [-0.05, 0) is 55.5 Å². The van der Waals surface area contributed by atoms with Crippen molar-refractivity contribution in [2.75, 3.05) is 18.5 Å². The number of fused-ring (bicyclic) bond motifs is 1. The van der Waals surface area contributed by atoms with Crippen LogP contribution in [0.2, 0.25) is 5.02 Å². The lowest BCUT2D eigenvalue weighted by Gasteiger charge is -2.26. The average molecular weight is 563 g/mol. The molecule has 4 atom stereocenters. The second kappa shape index (κ2) is 10.7. The summed E-state index contributed by atoms with van der Waals surface area (Å²) in [4.78, 5) is 21.7. The average Bonchev–Trinajstić information content (AvgIpc) is 3.43. The van der Waals surface area contributed by atoms with Crippen LogP contribution in [-0.4, -0.2) is 59.1 Å². The fourth-order valence-corrected chi connectivity index (χ4v) is 5.73. The van der Waals surface area contributed by atoms with Crippen molar-refractivity contribution in [2.45, 2.75) is 44.4 Å². The van der Waals surface area contributed by atoms with Crippen LogP contribution in [0.1, 0.15) is 57.5 Å². The summed E-state index contributed by atoms with van der Waals surface area (Å²) in [6, 6.07) is 7.09. The molecule has 13 heteroatoms. The number of ketones is 1. The van der Waals surface area contributed by atoms with Gasteiger partial charge in [-0.1, -0.05) is 17.7 Å². The molecule has 2 aliphatic rings. The van der Waals surface area contributed by atoms with Gasteiger partial charge in [-0.2, -0.15) is 13.1 Å². The Hall–Kier alpha value is -2.87. The second-order valence-corrected chi connectivity index (χ2v) is 11.2. The van der Waals surface area contributed by atoms with Crippen molar-refractivity contribution in [2.24, 2.45) is 5.92 Å². The molecule has 1 fully saturated rings. The fourth-order valence-electron chi connectivity index (χ4n) is 5.13. The molecule has 1 aromatic carbocycles.